The molecular formula is C18H21NS. The Morgan fingerprint density at radius 2 is 2.10 bits per heavy atom. The van der Waals surface area contributed by atoms with Crippen LogP contribution < -0.4 is 5.32 Å². The zero-order valence-electron chi connectivity index (χ0n) is 12.0. The number of rotatable bonds is 3. The Bertz CT molecular complexity index is 659. The highest BCUT2D eigenvalue weighted by atomic mass is 32.1. The minimum absolute atomic E-state index is 0.414. The highest BCUT2D eigenvalue weighted by molar-refractivity contribution is 7.17. The van der Waals surface area contributed by atoms with Gasteiger partial charge >= 0.3 is 0 Å². The average molecular weight is 283 g/mol. The molecule has 0 atom stereocenters. The summed E-state index contributed by atoms with van der Waals surface area (Å²) in [6.07, 6.45) is 8.08. The maximum Gasteiger partial charge on any atom is 0.0348 e. The Morgan fingerprint density at radius 1 is 1.25 bits per heavy atom. The van der Waals surface area contributed by atoms with E-state index >= 15 is 0 Å². The summed E-state index contributed by atoms with van der Waals surface area (Å²) in [4.78, 5) is 0. The summed E-state index contributed by atoms with van der Waals surface area (Å²) in [5.74, 6) is 0.791. The maximum absolute atomic E-state index is 3.42. The van der Waals surface area contributed by atoms with Crippen LogP contribution in [0.4, 0.5) is 0 Å². The van der Waals surface area contributed by atoms with Gasteiger partial charge in [0.2, 0.25) is 0 Å². The van der Waals surface area contributed by atoms with Gasteiger partial charge < -0.3 is 5.32 Å². The predicted octanol–water partition coefficient (Wildman–Crippen LogP) is 4.69. The molecule has 0 spiro atoms. The number of hydrogen-bond acceptors (Lipinski definition) is 2. The van der Waals surface area contributed by atoms with Gasteiger partial charge in [0, 0.05) is 16.7 Å². The summed E-state index contributed by atoms with van der Waals surface area (Å²) in [6, 6.07) is 9.09. The van der Waals surface area contributed by atoms with Gasteiger partial charge in [-0.05, 0) is 72.7 Å². The fourth-order valence-electron chi connectivity index (χ4n) is 4.22. The van der Waals surface area contributed by atoms with Crippen molar-refractivity contribution < 1.29 is 0 Å². The predicted molar refractivity (Wildman–Crippen MR) is 88.1 cm³/mol. The Morgan fingerprint density at radius 3 is 2.90 bits per heavy atom. The smallest absolute Gasteiger partial charge is 0.0348 e. The van der Waals surface area contributed by atoms with Gasteiger partial charge in [0.25, 0.3) is 0 Å². The molecule has 2 bridgehead atoms. The van der Waals surface area contributed by atoms with Gasteiger partial charge in [-0.15, -0.1) is 11.3 Å². The van der Waals surface area contributed by atoms with Gasteiger partial charge in [0.1, 0.15) is 0 Å². The third-order valence-corrected chi connectivity index (χ3v) is 6.10. The lowest BCUT2D eigenvalue weighted by molar-refractivity contribution is 0.207. The Labute approximate surface area is 124 Å². The van der Waals surface area contributed by atoms with E-state index in [0.717, 1.165) is 12.5 Å². The first-order valence-corrected chi connectivity index (χ1v) is 8.53. The topological polar surface area (TPSA) is 12.0 Å². The molecule has 0 aliphatic heterocycles. The molecule has 1 aromatic heterocycles. The molecule has 1 saturated carbocycles. The molecule has 1 nitrogen and oxygen atoms in total. The third-order valence-electron chi connectivity index (χ3n) is 5.22. The number of fused-ring (bicyclic) bond motifs is 3. The summed E-state index contributed by atoms with van der Waals surface area (Å²) >= 11 is 1.86. The highest BCUT2D eigenvalue weighted by Crippen LogP contribution is 2.52. The van der Waals surface area contributed by atoms with Gasteiger partial charge in [-0.25, -0.2) is 0 Å². The molecule has 5 rings (SSSR count). The fraction of sp³-hybridized carbons (Fsp3) is 0.444. The second kappa shape index (κ2) is 4.71. The van der Waals surface area contributed by atoms with Crippen LogP contribution in [0.25, 0.3) is 15.7 Å². The molecule has 0 radical (unpaired) electrons. The van der Waals surface area contributed by atoms with E-state index in [-0.39, 0.29) is 0 Å². The van der Waals surface area contributed by atoms with Gasteiger partial charge in [-0.1, -0.05) is 18.2 Å². The standard InChI is InChI=1S/C18H21NS/c1-19-12-18-8-5-13(6-9-18)16(11-18)14-3-2-4-17-15(14)7-10-20-17/h2-4,7,10-11,13,19H,5-6,8-9,12H2,1H3. The second-order valence-electron chi connectivity index (χ2n) is 6.40. The van der Waals surface area contributed by atoms with Crippen LogP contribution in [0.15, 0.2) is 35.7 Å². The monoisotopic (exact) mass is 283 g/mol. The van der Waals surface area contributed by atoms with Crippen molar-refractivity contribution in [2.45, 2.75) is 25.7 Å². The minimum Gasteiger partial charge on any atom is -0.319 e. The van der Waals surface area contributed by atoms with Gasteiger partial charge in [-0.2, -0.15) is 0 Å². The van der Waals surface area contributed by atoms with Crippen molar-refractivity contribution in [3.05, 3.63) is 41.3 Å². The van der Waals surface area contributed by atoms with Crippen LogP contribution in [-0.4, -0.2) is 13.6 Å². The zero-order valence-corrected chi connectivity index (χ0v) is 12.8. The summed E-state index contributed by atoms with van der Waals surface area (Å²) in [5, 5.41) is 7.09. The lowest BCUT2D eigenvalue weighted by Crippen LogP contribution is -2.39. The number of allylic oxidation sites excluding steroid dienone is 1. The van der Waals surface area contributed by atoms with E-state index < -0.39 is 0 Å². The molecule has 1 aromatic carbocycles. The lowest BCUT2D eigenvalue weighted by atomic mass is 9.61. The number of nitrogens with one attached hydrogen (secondary N) is 1. The Balaban J connectivity index is 1.85. The van der Waals surface area contributed by atoms with Crippen LogP contribution in [0.5, 0.6) is 0 Å². The van der Waals surface area contributed by atoms with Crippen molar-refractivity contribution in [2.24, 2.45) is 11.3 Å². The number of benzene rings is 1. The maximum atomic E-state index is 3.42. The molecule has 1 heterocycles. The summed E-state index contributed by atoms with van der Waals surface area (Å²) in [7, 11) is 2.09. The second-order valence-corrected chi connectivity index (χ2v) is 7.35. The molecule has 3 aliphatic rings. The quantitative estimate of drug-likeness (QED) is 0.861. The highest BCUT2D eigenvalue weighted by Gasteiger charge is 2.40. The molecule has 1 N–H and O–H groups in total. The van der Waals surface area contributed by atoms with Crippen LogP contribution in [-0.2, 0) is 0 Å². The number of thiophene rings is 1. The lowest BCUT2D eigenvalue weighted by Gasteiger charge is -2.45. The molecule has 2 heteroatoms. The molecule has 3 aliphatic carbocycles. The average Bonchev–Trinajstić information content (AvgIpc) is 2.96. The third kappa shape index (κ3) is 1.86. The first kappa shape index (κ1) is 12.6. The fourth-order valence-corrected chi connectivity index (χ4v) is 5.03. The van der Waals surface area contributed by atoms with E-state index in [2.05, 4.69) is 48.1 Å². The van der Waals surface area contributed by atoms with Crippen molar-refractivity contribution in [1.82, 2.24) is 5.32 Å². The molecule has 0 amide bonds. The normalized spacial score (nSPS) is 28.9. The van der Waals surface area contributed by atoms with E-state index in [9.17, 15) is 0 Å². The molecule has 104 valence electrons. The largest absolute Gasteiger partial charge is 0.319 e. The van der Waals surface area contributed by atoms with E-state index in [4.69, 9.17) is 0 Å². The Kier molecular flexibility index (Phi) is 2.97. The van der Waals surface area contributed by atoms with Crippen molar-refractivity contribution >= 4 is 27.0 Å². The van der Waals surface area contributed by atoms with E-state index in [1.165, 1.54) is 41.3 Å². The minimum atomic E-state index is 0.414. The van der Waals surface area contributed by atoms with Crippen molar-refractivity contribution in [2.75, 3.05) is 13.6 Å². The van der Waals surface area contributed by atoms with Crippen LogP contribution >= 0.6 is 11.3 Å². The summed E-state index contributed by atoms with van der Waals surface area (Å²) < 4.78 is 1.42. The van der Waals surface area contributed by atoms with Crippen LogP contribution in [0, 0.1) is 11.3 Å². The summed E-state index contributed by atoms with van der Waals surface area (Å²) in [6.45, 7) is 1.13. The van der Waals surface area contributed by atoms with Gasteiger partial charge in [0.05, 0.1) is 0 Å². The molecule has 0 unspecified atom stereocenters. The number of hydrogen-bond donors (Lipinski definition) is 1. The molecular weight excluding hydrogens is 262 g/mol. The SMILES string of the molecule is CNCC12C=C(c3cccc4sccc34)C(CC1)CC2. The molecule has 1 fully saturated rings. The van der Waals surface area contributed by atoms with E-state index in [1.54, 1.807) is 5.57 Å². The summed E-state index contributed by atoms with van der Waals surface area (Å²) in [5.41, 5.74) is 3.53. The van der Waals surface area contributed by atoms with Crippen LogP contribution in [0.1, 0.15) is 31.2 Å². The molecule has 0 saturated heterocycles. The van der Waals surface area contributed by atoms with E-state index in [0.29, 0.717) is 5.41 Å². The molecule has 20 heavy (non-hydrogen) atoms. The Hall–Kier alpha value is -1.12. The molecule has 2 aromatic rings. The van der Waals surface area contributed by atoms with E-state index in [1.807, 2.05) is 11.3 Å². The van der Waals surface area contributed by atoms with Crippen molar-refractivity contribution in [1.29, 1.82) is 0 Å². The van der Waals surface area contributed by atoms with Crippen LogP contribution in [0.3, 0.4) is 0 Å². The van der Waals surface area contributed by atoms with Gasteiger partial charge in [0.15, 0.2) is 0 Å². The first-order valence-electron chi connectivity index (χ1n) is 7.65. The first-order chi connectivity index (χ1) is 9.81. The van der Waals surface area contributed by atoms with Crippen LogP contribution in [0.2, 0.25) is 0 Å². The zero-order chi connectivity index (χ0) is 13.6. The van der Waals surface area contributed by atoms with Gasteiger partial charge in [-0.3, -0.25) is 0 Å². The van der Waals surface area contributed by atoms with Crippen molar-refractivity contribution in [3.63, 3.8) is 0 Å². The van der Waals surface area contributed by atoms with Crippen molar-refractivity contribution in [3.8, 4) is 0 Å².